The molecule has 0 bridgehead atoms. The van der Waals surface area contributed by atoms with E-state index in [0.717, 1.165) is 17.4 Å². The third kappa shape index (κ3) is 4.41. The van der Waals surface area contributed by atoms with E-state index in [1.165, 1.54) is 5.56 Å². The maximum Gasteiger partial charge on any atom is 0.344 e. The molecule has 0 fully saturated rings. The predicted octanol–water partition coefficient (Wildman–Crippen LogP) is 7.08. The highest BCUT2D eigenvalue weighted by Gasteiger charge is 2.13. The third-order valence-electron chi connectivity index (χ3n) is 6.35. The quantitative estimate of drug-likeness (QED) is 0.263. The molecule has 37 heavy (non-hydrogen) atoms. The number of hydrogen-bond acceptors (Lipinski definition) is 5. The number of aryl methyl sites for hydroxylation is 1. The molecule has 6 nitrogen and oxygen atoms in total. The Hall–Kier alpha value is -4.97. The van der Waals surface area contributed by atoms with Crippen LogP contribution in [0.3, 0.4) is 0 Å². The smallest absolute Gasteiger partial charge is 0.344 e. The Morgan fingerprint density at radius 1 is 0.811 bits per heavy atom. The number of hydrogen-bond donors (Lipinski definition) is 1. The van der Waals surface area contributed by atoms with Crippen LogP contribution in [0.5, 0.6) is 0 Å². The van der Waals surface area contributed by atoms with Crippen molar-refractivity contribution in [2.45, 2.75) is 13.3 Å². The molecule has 0 atom stereocenters. The molecule has 6 rings (SSSR count). The number of rotatable bonds is 5. The Morgan fingerprint density at radius 2 is 1.57 bits per heavy atom. The number of fused-ring (bicyclic) bond motifs is 2. The van der Waals surface area contributed by atoms with Crippen molar-refractivity contribution in [3.8, 4) is 22.6 Å². The molecule has 6 heteroatoms. The molecule has 0 aliphatic rings. The summed E-state index contributed by atoms with van der Waals surface area (Å²) < 4.78 is 11.3. The lowest BCUT2D eigenvalue weighted by atomic mass is 10.0. The minimum absolute atomic E-state index is 0.268. The third-order valence-corrected chi connectivity index (χ3v) is 6.35. The highest BCUT2D eigenvalue weighted by atomic mass is 16.4. The van der Waals surface area contributed by atoms with Crippen molar-refractivity contribution in [1.82, 2.24) is 4.98 Å². The van der Waals surface area contributed by atoms with Gasteiger partial charge in [-0.3, -0.25) is 4.79 Å². The van der Waals surface area contributed by atoms with Crippen molar-refractivity contribution in [3.63, 3.8) is 0 Å². The number of benzene rings is 4. The number of oxazole rings is 1. The summed E-state index contributed by atoms with van der Waals surface area (Å²) in [6.45, 7) is 2.11. The van der Waals surface area contributed by atoms with Gasteiger partial charge in [-0.25, -0.2) is 9.78 Å². The normalized spacial score (nSPS) is 11.2. The van der Waals surface area contributed by atoms with Gasteiger partial charge >= 0.3 is 5.63 Å². The minimum atomic E-state index is -0.419. The number of aromatic nitrogens is 1. The van der Waals surface area contributed by atoms with E-state index in [0.29, 0.717) is 45.0 Å². The Kier molecular flexibility index (Phi) is 5.62. The van der Waals surface area contributed by atoms with Crippen molar-refractivity contribution in [1.29, 1.82) is 0 Å². The monoisotopic (exact) mass is 486 g/mol. The summed E-state index contributed by atoms with van der Waals surface area (Å²) in [7, 11) is 0. The molecule has 6 aromatic rings. The minimum Gasteiger partial charge on any atom is -0.436 e. The van der Waals surface area contributed by atoms with Gasteiger partial charge in [-0.1, -0.05) is 49.4 Å². The van der Waals surface area contributed by atoms with E-state index >= 15 is 0 Å². The maximum absolute atomic E-state index is 12.9. The lowest BCUT2D eigenvalue weighted by Crippen LogP contribution is -2.11. The number of carbonyl (C=O) groups excluding carboxylic acids is 1. The van der Waals surface area contributed by atoms with Crippen LogP contribution in [0.1, 0.15) is 22.8 Å². The molecular formula is C31H22N2O4. The first-order chi connectivity index (χ1) is 18.1. The molecule has 0 saturated heterocycles. The fraction of sp³-hybridized carbons (Fsp3) is 0.0645. The summed E-state index contributed by atoms with van der Waals surface area (Å²) in [6.07, 6.45) is 0.971. The van der Waals surface area contributed by atoms with E-state index in [2.05, 4.69) is 29.4 Å². The number of carbonyl (C=O) groups is 1. The molecule has 1 N–H and O–H groups in total. The van der Waals surface area contributed by atoms with Crippen molar-refractivity contribution in [2.24, 2.45) is 0 Å². The molecule has 0 saturated carbocycles. The van der Waals surface area contributed by atoms with E-state index in [1.54, 1.807) is 54.6 Å². The topological polar surface area (TPSA) is 85.3 Å². The van der Waals surface area contributed by atoms with Gasteiger partial charge in [0.25, 0.3) is 5.91 Å². The zero-order valence-corrected chi connectivity index (χ0v) is 20.0. The van der Waals surface area contributed by atoms with Crippen LogP contribution in [0.25, 0.3) is 44.7 Å². The second-order valence-electron chi connectivity index (χ2n) is 8.77. The SMILES string of the molecule is CCc1ccc(-c2nc3cc(NC(=O)c4ccc(-c5cc6ccccc6oc5=O)cc4)ccc3o2)cc1. The van der Waals surface area contributed by atoms with Gasteiger partial charge in [0, 0.05) is 22.2 Å². The van der Waals surface area contributed by atoms with Crippen LogP contribution in [0.4, 0.5) is 5.69 Å². The van der Waals surface area contributed by atoms with Crippen molar-refractivity contribution >= 4 is 33.7 Å². The molecule has 1 amide bonds. The van der Waals surface area contributed by atoms with Crippen molar-refractivity contribution in [2.75, 3.05) is 5.32 Å². The number of nitrogens with one attached hydrogen (secondary N) is 1. The van der Waals surface area contributed by atoms with Gasteiger partial charge in [-0.15, -0.1) is 0 Å². The van der Waals surface area contributed by atoms with Gasteiger partial charge in [-0.05, 0) is 72.1 Å². The number of amides is 1. The van der Waals surface area contributed by atoms with Gasteiger partial charge in [0.15, 0.2) is 5.58 Å². The van der Waals surface area contributed by atoms with Crippen LogP contribution >= 0.6 is 0 Å². The largest absolute Gasteiger partial charge is 0.436 e. The molecule has 2 aromatic heterocycles. The van der Waals surface area contributed by atoms with Crippen molar-refractivity contribution < 1.29 is 13.6 Å². The van der Waals surface area contributed by atoms with Gasteiger partial charge in [0.2, 0.25) is 5.89 Å². The highest BCUT2D eigenvalue weighted by Crippen LogP contribution is 2.27. The Bertz CT molecular complexity index is 1810. The van der Waals surface area contributed by atoms with E-state index in [1.807, 2.05) is 30.3 Å². The van der Waals surface area contributed by atoms with Crippen LogP contribution in [0.15, 0.2) is 111 Å². The molecule has 2 heterocycles. The number of anilines is 1. The van der Waals surface area contributed by atoms with Crippen LogP contribution in [0, 0.1) is 0 Å². The molecule has 0 aliphatic carbocycles. The van der Waals surface area contributed by atoms with E-state index < -0.39 is 5.63 Å². The fourth-order valence-corrected chi connectivity index (χ4v) is 4.28. The second kappa shape index (κ2) is 9.24. The molecule has 0 unspecified atom stereocenters. The molecular weight excluding hydrogens is 464 g/mol. The summed E-state index contributed by atoms with van der Waals surface area (Å²) in [5, 5.41) is 3.74. The van der Waals surface area contributed by atoms with Crippen LogP contribution in [-0.4, -0.2) is 10.9 Å². The lowest BCUT2D eigenvalue weighted by molar-refractivity contribution is 0.102. The molecule has 180 valence electrons. The standard InChI is InChI=1S/C31H22N2O4/c1-2-19-7-9-22(10-8-19)30-33-26-18-24(15-16-28(26)36-30)32-29(34)21-13-11-20(12-14-21)25-17-23-5-3-4-6-27(23)37-31(25)35/h3-18H,2H2,1H3,(H,32,34). The summed E-state index contributed by atoms with van der Waals surface area (Å²) in [5.41, 5.74) is 5.77. The molecule has 4 aromatic carbocycles. The first-order valence-corrected chi connectivity index (χ1v) is 12.0. The zero-order chi connectivity index (χ0) is 25.4. The number of nitrogens with zero attached hydrogens (tertiary/aromatic N) is 1. The molecule has 0 aliphatic heterocycles. The van der Waals surface area contributed by atoms with Crippen LogP contribution < -0.4 is 10.9 Å². The first-order valence-electron chi connectivity index (χ1n) is 12.0. The Balaban J connectivity index is 1.21. The van der Waals surface area contributed by atoms with E-state index in [4.69, 9.17) is 8.83 Å². The Labute approximate surface area is 212 Å². The average molecular weight is 487 g/mol. The van der Waals surface area contributed by atoms with Gasteiger partial charge in [-0.2, -0.15) is 0 Å². The second-order valence-corrected chi connectivity index (χ2v) is 8.77. The fourth-order valence-electron chi connectivity index (χ4n) is 4.28. The summed E-state index contributed by atoms with van der Waals surface area (Å²) in [4.78, 5) is 30.0. The van der Waals surface area contributed by atoms with Crippen molar-refractivity contribution in [3.05, 3.63) is 119 Å². The van der Waals surface area contributed by atoms with Crippen LogP contribution in [0.2, 0.25) is 0 Å². The zero-order valence-electron chi connectivity index (χ0n) is 20.0. The maximum atomic E-state index is 12.9. The number of para-hydroxylation sites is 1. The lowest BCUT2D eigenvalue weighted by Gasteiger charge is -2.07. The summed E-state index contributed by atoms with van der Waals surface area (Å²) >= 11 is 0. The van der Waals surface area contributed by atoms with Gasteiger partial charge in [0.1, 0.15) is 11.1 Å². The Morgan fingerprint density at radius 3 is 2.35 bits per heavy atom. The van der Waals surface area contributed by atoms with Gasteiger partial charge in [0.05, 0.1) is 5.56 Å². The first kappa shape index (κ1) is 22.5. The molecule has 0 spiro atoms. The summed E-state index contributed by atoms with van der Waals surface area (Å²) in [6, 6.07) is 29.5. The average Bonchev–Trinajstić information content (AvgIpc) is 3.36. The highest BCUT2D eigenvalue weighted by molar-refractivity contribution is 6.05. The molecule has 0 radical (unpaired) electrons. The van der Waals surface area contributed by atoms with Crippen LogP contribution in [-0.2, 0) is 6.42 Å². The van der Waals surface area contributed by atoms with E-state index in [9.17, 15) is 9.59 Å². The predicted molar refractivity (Wildman–Crippen MR) is 145 cm³/mol. The van der Waals surface area contributed by atoms with Gasteiger partial charge < -0.3 is 14.2 Å². The summed E-state index contributed by atoms with van der Waals surface area (Å²) in [5.74, 6) is 0.269. The van der Waals surface area contributed by atoms with E-state index in [-0.39, 0.29) is 5.91 Å².